The van der Waals surface area contributed by atoms with Crippen LogP contribution in [0.5, 0.6) is 0 Å². The minimum atomic E-state index is 0. The molecule has 2 aromatic heterocycles. The molecule has 3 heteroatoms. The molecule has 0 aliphatic carbocycles. The summed E-state index contributed by atoms with van der Waals surface area (Å²) in [5.41, 5.74) is 15.3. The molecule has 0 spiro atoms. The van der Waals surface area contributed by atoms with Crippen LogP contribution in [0.4, 0.5) is 0 Å². The van der Waals surface area contributed by atoms with Crippen molar-refractivity contribution in [2.45, 2.75) is 27.7 Å². The van der Waals surface area contributed by atoms with Crippen LogP contribution < -0.4 is 0 Å². The highest BCUT2D eigenvalue weighted by atomic mass is 32.1. The van der Waals surface area contributed by atoms with E-state index in [1.807, 2.05) is 0 Å². The predicted molar refractivity (Wildman–Crippen MR) is 170 cm³/mol. The van der Waals surface area contributed by atoms with Gasteiger partial charge in [0.1, 0.15) is 0 Å². The summed E-state index contributed by atoms with van der Waals surface area (Å²) < 4.78 is 2.30. The van der Waals surface area contributed by atoms with Crippen molar-refractivity contribution in [3.05, 3.63) is 107 Å². The van der Waals surface area contributed by atoms with Crippen LogP contribution in [0.15, 0.2) is 84.9 Å². The summed E-state index contributed by atoms with van der Waals surface area (Å²) in [4.78, 5) is 3.57. The Morgan fingerprint density at radius 1 is 0.500 bits per heavy atom. The second-order valence-electron chi connectivity index (χ2n) is 10.7. The number of aromatic nitrogens is 2. The lowest BCUT2D eigenvalue weighted by Crippen LogP contribution is -1.91. The lowest BCUT2D eigenvalue weighted by molar-refractivity contribution is 1.01. The first-order chi connectivity index (χ1) is 17.9. The molecule has 0 saturated carbocycles. The molecule has 0 saturated heterocycles. The van der Waals surface area contributed by atoms with Gasteiger partial charge in [0.2, 0.25) is 0 Å². The van der Waals surface area contributed by atoms with Crippen molar-refractivity contribution in [1.82, 2.24) is 9.55 Å². The maximum Gasteiger partial charge on any atom is 0.0489 e. The first kappa shape index (κ1) is 24.4. The molecule has 0 unspecified atom stereocenters. The van der Waals surface area contributed by atoms with Gasteiger partial charge >= 0.3 is 0 Å². The fourth-order valence-corrected chi connectivity index (χ4v) is 6.12. The molecular weight excluding hydrogens is 480 g/mol. The lowest BCUT2D eigenvalue weighted by atomic mass is 9.91. The summed E-state index contributed by atoms with van der Waals surface area (Å²) in [5, 5.41) is 5.23. The fraction of sp³-hybridized carbons (Fsp3) is 0.143. The average molecular weight is 513 g/mol. The summed E-state index contributed by atoms with van der Waals surface area (Å²) in [6.07, 6.45) is 0. The molecule has 0 amide bonds. The highest BCUT2D eigenvalue weighted by Gasteiger charge is 2.14. The smallest absolute Gasteiger partial charge is 0.0489 e. The Morgan fingerprint density at radius 3 is 1.61 bits per heavy atom. The summed E-state index contributed by atoms with van der Waals surface area (Å²) in [7, 11) is 2.16. The van der Waals surface area contributed by atoms with E-state index in [4.69, 9.17) is 0 Å². The van der Waals surface area contributed by atoms with Crippen LogP contribution in [0.25, 0.3) is 65.9 Å². The molecule has 0 atom stereocenters. The molecule has 2 nitrogen and oxygen atoms in total. The molecule has 38 heavy (non-hydrogen) atoms. The van der Waals surface area contributed by atoms with Gasteiger partial charge in [-0.25, -0.2) is 0 Å². The number of hydrogen-bond donors (Lipinski definition) is 1. The molecule has 7 rings (SSSR count). The summed E-state index contributed by atoms with van der Waals surface area (Å²) >= 11 is 0. The minimum Gasteiger partial charge on any atom is -0.355 e. The van der Waals surface area contributed by atoms with Crippen LogP contribution in [-0.4, -0.2) is 9.55 Å². The zero-order chi connectivity index (χ0) is 25.4. The standard InChI is InChI=1S/C35H30N2.H2S/c1-20-6-10-32-28(14-20)29-18-24(8-11-33(29)36-32)26-16-23(4)27(17-22(26)3)25-9-13-35-31(19-25)30-15-21(2)7-12-34(30)37(35)5;/h6-19,36H,1-5H3;1H2. The van der Waals surface area contributed by atoms with E-state index in [0.29, 0.717) is 0 Å². The van der Waals surface area contributed by atoms with E-state index >= 15 is 0 Å². The Kier molecular flexibility index (Phi) is 5.66. The van der Waals surface area contributed by atoms with Gasteiger partial charge < -0.3 is 9.55 Å². The maximum atomic E-state index is 3.57. The minimum absolute atomic E-state index is 0. The molecule has 2 heterocycles. The molecule has 1 N–H and O–H groups in total. The predicted octanol–water partition coefficient (Wildman–Crippen LogP) is 9.65. The molecule has 5 aromatic carbocycles. The number of nitrogens with one attached hydrogen (secondary N) is 1. The second kappa shape index (κ2) is 8.82. The van der Waals surface area contributed by atoms with Gasteiger partial charge in [0.25, 0.3) is 0 Å². The van der Waals surface area contributed by atoms with E-state index < -0.39 is 0 Å². The third-order valence-electron chi connectivity index (χ3n) is 8.11. The molecule has 188 valence electrons. The van der Waals surface area contributed by atoms with Crippen molar-refractivity contribution >= 4 is 57.1 Å². The molecule has 0 aliphatic rings. The third kappa shape index (κ3) is 3.65. The Labute approximate surface area is 230 Å². The van der Waals surface area contributed by atoms with Gasteiger partial charge in [-0.2, -0.15) is 13.5 Å². The van der Waals surface area contributed by atoms with Crippen molar-refractivity contribution in [1.29, 1.82) is 0 Å². The Balaban J connectivity index is 0.00000264. The van der Waals surface area contributed by atoms with Crippen LogP contribution in [0.3, 0.4) is 0 Å². The Bertz CT molecular complexity index is 2040. The SMILES string of the molecule is Cc1ccc2[nH]c3ccc(-c4cc(C)c(-c5ccc6c(c5)c5cc(C)ccc5n6C)cc4C)cc3c2c1.S. The number of nitrogens with zero attached hydrogens (tertiary/aromatic N) is 1. The monoisotopic (exact) mass is 512 g/mol. The van der Waals surface area contributed by atoms with Gasteiger partial charge in [0.15, 0.2) is 0 Å². The van der Waals surface area contributed by atoms with Gasteiger partial charge in [-0.15, -0.1) is 0 Å². The van der Waals surface area contributed by atoms with Crippen LogP contribution in [-0.2, 0) is 7.05 Å². The van der Waals surface area contributed by atoms with E-state index in [0.717, 1.165) is 0 Å². The Hall–Kier alpha value is -3.95. The van der Waals surface area contributed by atoms with Gasteiger partial charge in [-0.1, -0.05) is 47.5 Å². The fourth-order valence-electron chi connectivity index (χ4n) is 6.12. The van der Waals surface area contributed by atoms with Crippen LogP contribution >= 0.6 is 13.5 Å². The quantitative estimate of drug-likeness (QED) is 0.238. The van der Waals surface area contributed by atoms with E-state index in [1.54, 1.807) is 0 Å². The van der Waals surface area contributed by atoms with E-state index in [-0.39, 0.29) is 13.5 Å². The normalized spacial score (nSPS) is 11.6. The van der Waals surface area contributed by atoms with Crippen LogP contribution in [0.2, 0.25) is 0 Å². The number of rotatable bonds is 2. The van der Waals surface area contributed by atoms with Gasteiger partial charge in [-0.05, 0) is 110 Å². The zero-order valence-electron chi connectivity index (χ0n) is 22.5. The van der Waals surface area contributed by atoms with Gasteiger partial charge in [0.05, 0.1) is 0 Å². The summed E-state index contributed by atoms with van der Waals surface area (Å²) in [6.45, 7) is 8.80. The van der Waals surface area contributed by atoms with Crippen molar-refractivity contribution < 1.29 is 0 Å². The van der Waals surface area contributed by atoms with Crippen LogP contribution in [0.1, 0.15) is 22.3 Å². The summed E-state index contributed by atoms with van der Waals surface area (Å²) in [6, 6.07) is 31.8. The average Bonchev–Trinajstić information content (AvgIpc) is 3.39. The highest BCUT2D eigenvalue weighted by Crippen LogP contribution is 2.37. The third-order valence-corrected chi connectivity index (χ3v) is 8.11. The van der Waals surface area contributed by atoms with Gasteiger partial charge in [-0.3, -0.25) is 0 Å². The first-order valence-electron chi connectivity index (χ1n) is 13.0. The maximum absolute atomic E-state index is 3.57. The highest BCUT2D eigenvalue weighted by molar-refractivity contribution is 7.59. The Morgan fingerprint density at radius 2 is 0.947 bits per heavy atom. The van der Waals surface area contributed by atoms with E-state index in [9.17, 15) is 0 Å². The number of H-pyrrole nitrogens is 1. The molecule has 0 bridgehead atoms. The number of hydrogen-bond acceptors (Lipinski definition) is 0. The van der Waals surface area contributed by atoms with E-state index in [1.165, 1.54) is 88.1 Å². The topological polar surface area (TPSA) is 20.7 Å². The van der Waals surface area contributed by atoms with Crippen LogP contribution in [0, 0.1) is 27.7 Å². The molecular formula is C35H32N2S. The molecule has 7 aromatic rings. The number of aromatic amines is 1. The molecule has 0 fully saturated rings. The summed E-state index contributed by atoms with van der Waals surface area (Å²) in [5.74, 6) is 0. The molecule has 0 aliphatic heterocycles. The van der Waals surface area contributed by atoms with Crippen molar-refractivity contribution in [2.75, 3.05) is 0 Å². The number of benzene rings is 5. The number of aryl methyl sites for hydroxylation is 5. The number of fused-ring (bicyclic) bond motifs is 6. The van der Waals surface area contributed by atoms with Crippen molar-refractivity contribution in [2.24, 2.45) is 7.05 Å². The second-order valence-corrected chi connectivity index (χ2v) is 10.7. The lowest BCUT2D eigenvalue weighted by Gasteiger charge is -2.14. The van der Waals surface area contributed by atoms with Crippen molar-refractivity contribution in [3.63, 3.8) is 0 Å². The largest absolute Gasteiger partial charge is 0.355 e. The van der Waals surface area contributed by atoms with Gasteiger partial charge in [0, 0.05) is 50.7 Å². The van der Waals surface area contributed by atoms with E-state index in [2.05, 4.69) is 129 Å². The first-order valence-corrected chi connectivity index (χ1v) is 13.0. The molecule has 0 radical (unpaired) electrons. The van der Waals surface area contributed by atoms with Crippen molar-refractivity contribution in [3.8, 4) is 22.3 Å². The zero-order valence-corrected chi connectivity index (χ0v) is 23.5.